The second-order valence-electron chi connectivity index (χ2n) is 7.34. The van der Waals surface area contributed by atoms with Crippen LogP contribution in [0.4, 0.5) is 0 Å². The third kappa shape index (κ3) is 5.47. The van der Waals surface area contributed by atoms with Gasteiger partial charge in [-0.1, -0.05) is 70.1 Å². The Morgan fingerprint density at radius 2 is 1.77 bits per heavy atom. The highest BCUT2D eigenvalue weighted by Gasteiger charge is 2.13. The largest absolute Gasteiger partial charge is 0.129 e. The quantitative estimate of drug-likeness (QED) is 0.281. The van der Waals surface area contributed by atoms with Gasteiger partial charge in [0.15, 0.2) is 0 Å². The van der Waals surface area contributed by atoms with Crippen LogP contribution in [0.3, 0.4) is 0 Å². The van der Waals surface area contributed by atoms with Gasteiger partial charge >= 0.3 is 0 Å². The first kappa shape index (κ1) is 21.9. The smallest absolute Gasteiger partial charge is 0.0704 e. The average molecular weight is 558 g/mol. The van der Waals surface area contributed by atoms with Crippen molar-refractivity contribution in [2.45, 2.75) is 24.4 Å². The Hall–Kier alpha value is -1.33. The molecule has 3 aromatic rings. The van der Waals surface area contributed by atoms with Crippen molar-refractivity contribution in [3.05, 3.63) is 96.5 Å². The molecule has 1 aromatic heterocycles. The van der Waals surface area contributed by atoms with Gasteiger partial charge in [0.05, 0.1) is 7.95 Å². The molecule has 4 rings (SSSR count). The molecule has 30 heavy (non-hydrogen) atoms. The maximum Gasteiger partial charge on any atom is 0.0704 e. The van der Waals surface area contributed by atoms with E-state index in [-0.39, 0.29) is 0 Å². The monoisotopic (exact) mass is 556 g/mol. The van der Waals surface area contributed by atoms with Crippen molar-refractivity contribution in [1.82, 2.24) is 0 Å². The maximum absolute atomic E-state index is 3.69. The molecule has 0 aliphatic carbocycles. The molecule has 0 nitrogen and oxygen atoms in total. The molecule has 0 radical (unpaired) electrons. The Bertz CT molecular complexity index is 1150. The van der Waals surface area contributed by atoms with Crippen molar-refractivity contribution >= 4 is 73.2 Å². The fourth-order valence-electron chi connectivity index (χ4n) is 3.41. The summed E-state index contributed by atoms with van der Waals surface area (Å²) in [6.07, 6.45) is 12.3. The Kier molecular flexibility index (Phi) is 7.20. The van der Waals surface area contributed by atoms with Crippen molar-refractivity contribution in [3.8, 4) is 11.1 Å². The Morgan fingerprint density at radius 3 is 2.50 bits per heavy atom. The normalized spacial score (nSPS) is 16.7. The number of aryl methyl sites for hydroxylation is 2. The van der Waals surface area contributed by atoms with Crippen LogP contribution in [0, 0.1) is 13.8 Å². The molecule has 1 aliphatic rings. The molecule has 0 bridgehead atoms. The molecule has 0 amide bonds. The number of benzene rings is 2. The van der Waals surface area contributed by atoms with Crippen LogP contribution in [-0.2, 0) is 0 Å². The molecule has 2 heterocycles. The van der Waals surface area contributed by atoms with E-state index in [1.165, 1.54) is 43.2 Å². The average Bonchev–Trinajstić information content (AvgIpc) is 3.34. The number of allylic oxidation sites excluding steroid dienone is 2. The van der Waals surface area contributed by atoms with Gasteiger partial charge in [0, 0.05) is 9.78 Å². The lowest BCUT2D eigenvalue weighted by Gasteiger charge is -2.12. The summed E-state index contributed by atoms with van der Waals surface area (Å²) in [5, 5.41) is 0. The van der Waals surface area contributed by atoms with Gasteiger partial charge < -0.3 is 0 Å². The fourth-order valence-corrected chi connectivity index (χ4v) is 6.40. The molecular weight excluding hydrogens is 536 g/mol. The topological polar surface area (TPSA) is 0 Å². The number of thiophene rings is 1. The van der Waals surface area contributed by atoms with E-state index in [9.17, 15) is 0 Å². The van der Waals surface area contributed by atoms with E-state index in [0.717, 1.165) is 10.2 Å². The molecule has 1 unspecified atom stereocenters. The van der Waals surface area contributed by atoms with Crippen LogP contribution < -0.4 is 0 Å². The van der Waals surface area contributed by atoms with Gasteiger partial charge in [-0.15, -0.1) is 23.1 Å². The first-order valence-electron chi connectivity index (χ1n) is 9.82. The minimum atomic E-state index is 0.500. The number of rotatable bonds is 5. The maximum atomic E-state index is 3.69. The highest BCUT2D eigenvalue weighted by Crippen LogP contribution is 2.38. The third-order valence-corrected chi connectivity index (χ3v) is 8.54. The van der Waals surface area contributed by atoms with Crippen molar-refractivity contribution in [2.24, 2.45) is 0 Å². The van der Waals surface area contributed by atoms with Crippen molar-refractivity contribution in [1.29, 1.82) is 0 Å². The first-order chi connectivity index (χ1) is 14.5. The van der Waals surface area contributed by atoms with Gasteiger partial charge in [-0.3, -0.25) is 0 Å². The SMILES string of the molecule is Cc1ccc(C)c(-c2cc(/C=C/c3ccc(Br)s3)ccc2/C=C/C2=CCC(Br)S2)c1. The summed E-state index contributed by atoms with van der Waals surface area (Å²) in [5.41, 5.74) is 7.62. The van der Waals surface area contributed by atoms with Gasteiger partial charge in [0.2, 0.25) is 0 Å². The van der Waals surface area contributed by atoms with E-state index < -0.39 is 0 Å². The van der Waals surface area contributed by atoms with E-state index >= 15 is 0 Å². The summed E-state index contributed by atoms with van der Waals surface area (Å²) in [6.45, 7) is 4.35. The van der Waals surface area contributed by atoms with Gasteiger partial charge in [-0.05, 0) is 94.4 Å². The highest BCUT2D eigenvalue weighted by atomic mass is 79.9. The van der Waals surface area contributed by atoms with Crippen LogP contribution in [0.5, 0.6) is 0 Å². The molecule has 0 saturated carbocycles. The standard InChI is InChI=1S/C26H22Br2S2/c1-17-3-4-18(2)23(15-17)24-16-19(6-9-21-11-13-25(27)29-21)5-7-20(24)8-10-22-12-14-26(28)30-22/h3-13,15-16,26H,14H2,1-2H3/b9-6+,10-8+. The number of halogens is 2. The first-order valence-corrected chi connectivity index (χ1v) is 13.2. The number of thioether (sulfide) groups is 1. The van der Waals surface area contributed by atoms with Gasteiger partial charge in [0.1, 0.15) is 0 Å². The molecule has 4 heteroatoms. The predicted molar refractivity (Wildman–Crippen MR) is 144 cm³/mol. The lowest BCUT2D eigenvalue weighted by molar-refractivity contribution is 1.22. The Labute approximate surface area is 204 Å². The molecule has 0 saturated heterocycles. The van der Waals surface area contributed by atoms with Crippen LogP contribution in [0.1, 0.15) is 33.6 Å². The predicted octanol–water partition coefficient (Wildman–Crippen LogP) is 9.72. The minimum Gasteiger partial charge on any atom is -0.129 e. The second-order valence-corrected chi connectivity index (χ2v) is 12.8. The van der Waals surface area contributed by atoms with Crippen LogP contribution in [0.25, 0.3) is 29.4 Å². The van der Waals surface area contributed by atoms with Crippen LogP contribution in [-0.4, -0.2) is 4.16 Å². The zero-order valence-electron chi connectivity index (χ0n) is 16.9. The highest BCUT2D eigenvalue weighted by molar-refractivity contribution is 9.11. The summed E-state index contributed by atoms with van der Waals surface area (Å²) in [6, 6.07) is 17.7. The number of hydrogen-bond donors (Lipinski definition) is 0. The summed E-state index contributed by atoms with van der Waals surface area (Å²) < 4.78 is 1.66. The third-order valence-electron chi connectivity index (χ3n) is 4.99. The lowest BCUT2D eigenvalue weighted by Crippen LogP contribution is -1.90. The molecular formula is C26H22Br2S2. The van der Waals surface area contributed by atoms with E-state index in [1.54, 1.807) is 11.3 Å². The zero-order chi connectivity index (χ0) is 21.1. The Balaban J connectivity index is 1.73. The minimum absolute atomic E-state index is 0.500. The number of hydrogen-bond acceptors (Lipinski definition) is 2. The summed E-state index contributed by atoms with van der Waals surface area (Å²) in [5.74, 6) is 0. The van der Waals surface area contributed by atoms with E-state index in [4.69, 9.17) is 0 Å². The van der Waals surface area contributed by atoms with E-state index in [0.29, 0.717) is 4.16 Å². The van der Waals surface area contributed by atoms with Crippen LogP contribution in [0.15, 0.2) is 69.4 Å². The van der Waals surface area contributed by atoms with Crippen molar-refractivity contribution < 1.29 is 0 Å². The van der Waals surface area contributed by atoms with E-state index in [1.807, 2.05) is 11.8 Å². The fraction of sp³-hybridized carbons (Fsp3) is 0.154. The Morgan fingerprint density at radius 1 is 0.900 bits per heavy atom. The van der Waals surface area contributed by atoms with Gasteiger partial charge in [0.25, 0.3) is 0 Å². The van der Waals surface area contributed by atoms with Crippen LogP contribution in [0.2, 0.25) is 0 Å². The molecule has 152 valence electrons. The summed E-state index contributed by atoms with van der Waals surface area (Å²) >= 11 is 10.9. The zero-order valence-corrected chi connectivity index (χ0v) is 21.7. The second kappa shape index (κ2) is 9.86. The molecule has 2 aromatic carbocycles. The molecule has 1 atom stereocenters. The van der Waals surface area contributed by atoms with Crippen molar-refractivity contribution in [3.63, 3.8) is 0 Å². The molecule has 1 aliphatic heterocycles. The van der Waals surface area contributed by atoms with Crippen molar-refractivity contribution in [2.75, 3.05) is 0 Å². The molecule has 0 fully saturated rings. The summed E-state index contributed by atoms with van der Waals surface area (Å²) in [4.78, 5) is 2.57. The lowest BCUT2D eigenvalue weighted by atomic mass is 9.92. The molecule has 0 N–H and O–H groups in total. The van der Waals surface area contributed by atoms with E-state index in [2.05, 4.69) is 125 Å². The number of alkyl halides is 1. The van der Waals surface area contributed by atoms with Gasteiger partial charge in [-0.2, -0.15) is 0 Å². The van der Waals surface area contributed by atoms with Gasteiger partial charge in [-0.25, -0.2) is 0 Å². The molecule has 0 spiro atoms. The summed E-state index contributed by atoms with van der Waals surface area (Å²) in [7, 11) is 0. The van der Waals surface area contributed by atoms with Crippen LogP contribution >= 0.6 is 55.0 Å².